The fourth-order valence-electron chi connectivity index (χ4n) is 3.29. The van der Waals surface area contributed by atoms with Gasteiger partial charge >= 0.3 is 5.97 Å². The Bertz CT molecular complexity index is 853. The standard InChI is InChI=1S/C22H25NO4/c1-22(2,3)16-9-7-10-17(13-16)27-14-20(24)23-18-11-6-5-8-15(18)12-19(23)21(25)26-4/h5-11,13,19H,12,14H2,1-4H3. The molecule has 1 aliphatic heterocycles. The number of carbonyl (C=O) groups excluding carboxylic acids is 2. The summed E-state index contributed by atoms with van der Waals surface area (Å²) < 4.78 is 10.6. The van der Waals surface area contributed by atoms with Crippen LogP contribution in [0.15, 0.2) is 48.5 Å². The van der Waals surface area contributed by atoms with Crippen molar-refractivity contribution in [3.05, 3.63) is 59.7 Å². The van der Waals surface area contributed by atoms with Gasteiger partial charge in [0.2, 0.25) is 0 Å². The second-order valence-electron chi connectivity index (χ2n) is 7.70. The van der Waals surface area contributed by atoms with E-state index in [1.807, 2.05) is 48.5 Å². The predicted octanol–water partition coefficient (Wildman–Crippen LogP) is 3.49. The lowest BCUT2D eigenvalue weighted by Crippen LogP contribution is -2.45. The Morgan fingerprint density at radius 3 is 2.56 bits per heavy atom. The first-order valence-electron chi connectivity index (χ1n) is 9.02. The van der Waals surface area contributed by atoms with E-state index >= 15 is 0 Å². The Morgan fingerprint density at radius 2 is 1.85 bits per heavy atom. The predicted molar refractivity (Wildman–Crippen MR) is 104 cm³/mol. The van der Waals surface area contributed by atoms with Crippen LogP contribution in [-0.2, 0) is 26.2 Å². The van der Waals surface area contributed by atoms with Gasteiger partial charge in [0.25, 0.3) is 5.91 Å². The third kappa shape index (κ3) is 3.97. The zero-order valence-electron chi connectivity index (χ0n) is 16.2. The quantitative estimate of drug-likeness (QED) is 0.776. The Labute approximate surface area is 159 Å². The molecule has 5 heteroatoms. The van der Waals surface area contributed by atoms with Crippen LogP contribution >= 0.6 is 0 Å². The van der Waals surface area contributed by atoms with Crippen LogP contribution in [0.25, 0.3) is 0 Å². The molecule has 5 nitrogen and oxygen atoms in total. The first kappa shape index (κ1) is 19.0. The molecular formula is C22H25NO4. The zero-order valence-corrected chi connectivity index (χ0v) is 16.2. The molecule has 1 aliphatic rings. The summed E-state index contributed by atoms with van der Waals surface area (Å²) in [7, 11) is 1.34. The van der Waals surface area contributed by atoms with E-state index in [1.165, 1.54) is 12.0 Å². The second-order valence-corrected chi connectivity index (χ2v) is 7.70. The van der Waals surface area contributed by atoms with Crippen molar-refractivity contribution in [2.75, 3.05) is 18.6 Å². The van der Waals surface area contributed by atoms with Crippen LogP contribution < -0.4 is 9.64 Å². The van der Waals surface area contributed by atoms with Crippen molar-refractivity contribution in [1.82, 2.24) is 0 Å². The number of carbonyl (C=O) groups is 2. The average Bonchev–Trinajstić information content (AvgIpc) is 3.04. The molecule has 3 rings (SSSR count). The van der Waals surface area contributed by atoms with Gasteiger partial charge in [-0.05, 0) is 34.7 Å². The third-order valence-electron chi connectivity index (χ3n) is 4.78. The van der Waals surface area contributed by atoms with E-state index in [-0.39, 0.29) is 17.9 Å². The normalized spacial score (nSPS) is 16.0. The number of anilines is 1. The molecule has 1 heterocycles. The number of hydrogen-bond acceptors (Lipinski definition) is 4. The summed E-state index contributed by atoms with van der Waals surface area (Å²) in [4.78, 5) is 26.6. The number of rotatable bonds is 4. The lowest BCUT2D eigenvalue weighted by molar-refractivity contribution is -0.143. The summed E-state index contributed by atoms with van der Waals surface area (Å²) in [5.74, 6) is -0.0522. The molecular weight excluding hydrogens is 342 g/mol. The highest BCUT2D eigenvalue weighted by atomic mass is 16.5. The maximum absolute atomic E-state index is 12.9. The topological polar surface area (TPSA) is 55.8 Å². The first-order valence-corrected chi connectivity index (χ1v) is 9.02. The van der Waals surface area contributed by atoms with Gasteiger partial charge in [-0.15, -0.1) is 0 Å². The zero-order chi connectivity index (χ0) is 19.6. The Hall–Kier alpha value is -2.82. The number of fused-ring (bicyclic) bond motifs is 1. The number of methoxy groups -OCH3 is 1. The van der Waals surface area contributed by atoms with Crippen molar-refractivity contribution in [1.29, 1.82) is 0 Å². The van der Waals surface area contributed by atoms with Gasteiger partial charge in [-0.3, -0.25) is 9.69 Å². The Kier molecular flexibility index (Phi) is 5.22. The minimum Gasteiger partial charge on any atom is -0.484 e. The van der Waals surface area contributed by atoms with E-state index in [4.69, 9.17) is 9.47 Å². The Balaban J connectivity index is 1.77. The van der Waals surface area contributed by atoms with Crippen LogP contribution in [-0.4, -0.2) is 31.6 Å². The largest absolute Gasteiger partial charge is 0.484 e. The summed E-state index contributed by atoms with van der Waals surface area (Å²) in [6.45, 7) is 6.23. The maximum atomic E-state index is 12.9. The van der Waals surface area contributed by atoms with Crippen LogP contribution in [0.3, 0.4) is 0 Å². The van der Waals surface area contributed by atoms with E-state index < -0.39 is 12.0 Å². The van der Waals surface area contributed by atoms with Crippen molar-refractivity contribution in [3.8, 4) is 5.75 Å². The van der Waals surface area contributed by atoms with E-state index in [1.54, 1.807) is 0 Å². The van der Waals surface area contributed by atoms with Crippen LogP contribution in [0.1, 0.15) is 31.9 Å². The molecule has 0 aliphatic carbocycles. The van der Waals surface area contributed by atoms with Crippen molar-refractivity contribution in [3.63, 3.8) is 0 Å². The molecule has 1 amide bonds. The van der Waals surface area contributed by atoms with Crippen molar-refractivity contribution >= 4 is 17.6 Å². The minimum absolute atomic E-state index is 0.00670. The summed E-state index contributed by atoms with van der Waals surface area (Å²) in [5, 5.41) is 0. The summed E-state index contributed by atoms with van der Waals surface area (Å²) in [5.41, 5.74) is 2.82. The first-order chi connectivity index (χ1) is 12.8. The minimum atomic E-state index is -0.649. The number of benzene rings is 2. The molecule has 0 bridgehead atoms. The van der Waals surface area contributed by atoms with Gasteiger partial charge in [0, 0.05) is 12.1 Å². The number of nitrogens with zero attached hydrogens (tertiary/aromatic N) is 1. The highest BCUT2D eigenvalue weighted by Crippen LogP contribution is 2.33. The number of hydrogen-bond donors (Lipinski definition) is 0. The maximum Gasteiger partial charge on any atom is 0.329 e. The lowest BCUT2D eigenvalue weighted by Gasteiger charge is -2.24. The molecule has 0 spiro atoms. The van der Waals surface area contributed by atoms with Gasteiger partial charge in [0.05, 0.1) is 7.11 Å². The second kappa shape index (κ2) is 7.43. The van der Waals surface area contributed by atoms with E-state index in [2.05, 4.69) is 20.8 Å². The van der Waals surface area contributed by atoms with Crippen molar-refractivity contribution < 1.29 is 19.1 Å². The van der Waals surface area contributed by atoms with E-state index in [0.29, 0.717) is 12.2 Å². The molecule has 1 unspecified atom stereocenters. The third-order valence-corrected chi connectivity index (χ3v) is 4.78. The molecule has 0 saturated carbocycles. The number of para-hydroxylation sites is 1. The van der Waals surface area contributed by atoms with Gasteiger partial charge in [-0.1, -0.05) is 51.1 Å². The number of esters is 1. The van der Waals surface area contributed by atoms with Gasteiger partial charge in [0.15, 0.2) is 6.61 Å². The van der Waals surface area contributed by atoms with Crippen LogP contribution in [0, 0.1) is 0 Å². The lowest BCUT2D eigenvalue weighted by atomic mass is 9.87. The van der Waals surface area contributed by atoms with Gasteiger partial charge < -0.3 is 9.47 Å². The summed E-state index contributed by atoms with van der Waals surface area (Å²) in [6, 6.07) is 14.6. The summed E-state index contributed by atoms with van der Waals surface area (Å²) in [6.07, 6.45) is 0.452. The number of ether oxygens (including phenoxy) is 2. The molecule has 0 fully saturated rings. The molecule has 27 heavy (non-hydrogen) atoms. The SMILES string of the molecule is COC(=O)C1Cc2ccccc2N1C(=O)COc1cccc(C(C)(C)C)c1. The smallest absolute Gasteiger partial charge is 0.329 e. The van der Waals surface area contributed by atoms with Crippen molar-refractivity contribution in [2.24, 2.45) is 0 Å². The highest BCUT2D eigenvalue weighted by molar-refractivity contribution is 6.02. The number of amides is 1. The van der Waals surface area contributed by atoms with E-state index in [9.17, 15) is 9.59 Å². The molecule has 1 atom stereocenters. The molecule has 142 valence electrons. The Morgan fingerprint density at radius 1 is 1.11 bits per heavy atom. The van der Waals surface area contributed by atoms with Gasteiger partial charge in [0.1, 0.15) is 11.8 Å². The van der Waals surface area contributed by atoms with Gasteiger partial charge in [-0.2, -0.15) is 0 Å². The molecule has 2 aromatic rings. The van der Waals surface area contributed by atoms with Gasteiger partial charge in [-0.25, -0.2) is 4.79 Å². The van der Waals surface area contributed by atoms with Crippen LogP contribution in [0.5, 0.6) is 5.75 Å². The monoisotopic (exact) mass is 367 g/mol. The molecule has 0 N–H and O–H groups in total. The van der Waals surface area contributed by atoms with Crippen LogP contribution in [0.4, 0.5) is 5.69 Å². The van der Waals surface area contributed by atoms with Crippen molar-refractivity contribution in [2.45, 2.75) is 38.6 Å². The summed E-state index contributed by atoms with van der Waals surface area (Å²) >= 11 is 0. The van der Waals surface area contributed by atoms with Crippen LogP contribution in [0.2, 0.25) is 0 Å². The van der Waals surface area contributed by atoms with E-state index in [0.717, 1.165) is 16.8 Å². The highest BCUT2D eigenvalue weighted by Gasteiger charge is 2.39. The molecule has 2 aromatic carbocycles. The molecule has 0 radical (unpaired) electrons. The fourth-order valence-corrected chi connectivity index (χ4v) is 3.29. The molecule has 0 saturated heterocycles. The molecule has 0 aromatic heterocycles. The average molecular weight is 367 g/mol. The fraction of sp³-hybridized carbons (Fsp3) is 0.364.